The highest BCUT2D eigenvalue weighted by atomic mass is 16.5. The molecule has 0 heterocycles. The van der Waals surface area contributed by atoms with Gasteiger partial charge in [-0.1, -0.05) is 78.9 Å². The van der Waals surface area contributed by atoms with Crippen LogP contribution in [-0.4, -0.2) is 18.3 Å². The third-order valence-electron chi connectivity index (χ3n) is 8.32. The minimum atomic E-state index is 0.280. The van der Waals surface area contributed by atoms with E-state index in [4.69, 9.17) is 14.6 Å². The van der Waals surface area contributed by atoms with Gasteiger partial charge in [0, 0.05) is 12.5 Å². The van der Waals surface area contributed by atoms with Gasteiger partial charge in [0.2, 0.25) is 0 Å². The van der Waals surface area contributed by atoms with Gasteiger partial charge in [0.05, 0.1) is 6.61 Å². The molecule has 4 aromatic rings. The number of rotatable bonds is 10. The molecule has 194 valence electrons. The summed E-state index contributed by atoms with van der Waals surface area (Å²) in [6, 6.07) is 36.7. The maximum absolute atomic E-state index is 9.15. The van der Waals surface area contributed by atoms with E-state index in [9.17, 15) is 0 Å². The predicted molar refractivity (Wildman–Crippen MR) is 152 cm³/mol. The molecule has 4 aromatic carbocycles. The van der Waals surface area contributed by atoms with Crippen LogP contribution in [-0.2, 0) is 13.0 Å². The SMILES string of the molecule is OCC[C@@H]1CC1COc1ccc([C@@H]2c3ccc(OCc4ccccc4)cc3CC[C@@H]2c2ccccc2)cc1. The first-order valence-electron chi connectivity index (χ1n) is 14.0. The number of hydrogen-bond acceptors (Lipinski definition) is 3. The van der Waals surface area contributed by atoms with Crippen LogP contribution in [0.4, 0.5) is 0 Å². The van der Waals surface area contributed by atoms with E-state index in [1.165, 1.54) is 34.2 Å². The third-order valence-corrected chi connectivity index (χ3v) is 8.32. The summed E-state index contributed by atoms with van der Waals surface area (Å²) >= 11 is 0. The van der Waals surface area contributed by atoms with Crippen molar-refractivity contribution in [2.45, 2.75) is 44.1 Å². The Bertz CT molecular complexity index is 1320. The summed E-state index contributed by atoms with van der Waals surface area (Å²) in [5.41, 5.74) is 6.69. The van der Waals surface area contributed by atoms with Crippen LogP contribution in [0, 0.1) is 11.8 Å². The number of benzene rings is 4. The molecule has 1 fully saturated rings. The van der Waals surface area contributed by atoms with Gasteiger partial charge in [0.25, 0.3) is 0 Å². The van der Waals surface area contributed by atoms with E-state index >= 15 is 0 Å². The fourth-order valence-electron chi connectivity index (χ4n) is 6.11. The van der Waals surface area contributed by atoms with Crippen molar-refractivity contribution < 1.29 is 14.6 Å². The number of hydrogen-bond donors (Lipinski definition) is 1. The molecule has 38 heavy (non-hydrogen) atoms. The second-order valence-electron chi connectivity index (χ2n) is 10.8. The molecule has 1 saturated carbocycles. The van der Waals surface area contributed by atoms with E-state index in [0.29, 0.717) is 24.4 Å². The molecule has 4 atom stereocenters. The molecule has 2 aliphatic carbocycles. The van der Waals surface area contributed by atoms with Crippen molar-refractivity contribution in [1.29, 1.82) is 0 Å². The van der Waals surface area contributed by atoms with Gasteiger partial charge in [0.1, 0.15) is 18.1 Å². The molecule has 0 aromatic heterocycles. The molecule has 2 aliphatic rings. The molecule has 0 radical (unpaired) electrons. The van der Waals surface area contributed by atoms with E-state index in [-0.39, 0.29) is 12.5 Å². The lowest BCUT2D eigenvalue weighted by molar-refractivity contribution is 0.259. The number of fused-ring (bicyclic) bond motifs is 1. The Hall–Kier alpha value is -3.56. The highest BCUT2D eigenvalue weighted by Crippen LogP contribution is 2.47. The monoisotopic (exact) mass is 504 g/mol. The lowest BCUT2D eigenvalue weighted by atomic mass is 9.69. The van der Waals surface area contributed by atoms with Crippen molar-refractivity contribution in [2.75, 3.05) is 13.2 Å². The molecular weight excluding hydrogens is 468 g/mol. The lowest BCUT2D eigenvalue weighted by Crippen LogP contribution is -2.20. The predicted octanol–water partition coefficient (Wildman–Crippen LogP) is 7.52. The average Bonchev–Trinajstić information content (AvgIpc) is 3.73. The van der Waals surface area contributed by atoms with Crippen LogP contribution >= 0.6 is 0 Å². The van der Waals surface area contributed by atoms with Crippen LogP contribution in [0.1, 0.15) is 58.9 Å². The van der Waals surface area contributed by atoms with Crippen molar-refractivity contribution in [3.8, 4) is 11.5 Å². The fourth-order valence-corrected chi connectivity index (χ4v) is 6.11. The summed E-state index contributed by atoms with van der Waals surface area (Å²) in [6.07, 6.45) is 4.22. The molecule has 0 amide bonds. The first kappa shape index (κ1) is 24.8. The Morgan fingerprint density at radius 3 is 2.21 bits per heavy atom. The Balaban J connectivity index is 1.22. The highest BCUT2D eigenvalue weighted by molar-refractivity contribution is 5.48. The van der Waals surface area contributed by atoms with E-state index in [1.54, 1.807) is 0 Å². The van der Waals surface area contributed by atoms with Crippen molar-refractivity contribution in [2.24, 2.45) is 11.8 Å². The highest BCUT2D eigenvalue weighted by Gasteiger charge is 2.37. The first-order chi connectivity index (χ1) is 18.8. The molecule has 0 spiro atoms. The normalized spacial score (nSPS) is 21.9. The fraction of sp³-hybridized carbons (Fsp3) is 0.314. The minimum Gasteiger partial charge on any atom is -0.493 e. The zero-order chi connectivity index (χ0) is 25.7. The summed E-state index contributed by atoms with van der Waals surface area (Å²) in [6.45, 7) is 1.61. The first-order valence-corrected chi connectivity index (χ1v) is 14.0. The van der Waals surface area contributed by atoms with Crippen molar-refractivity contribution in [1.82, 2.24) is 0 Å². The number of ether oxygens (including phenoxy) is 2. The van der Waals surface area contributed by atoms with E-state index < -0.39 is 0 Å². The molecule has 0 bridgehead atoms. The minimum absolute atomic E-state index is 0.280. The Kier molecular flexibility index (Phi) is 7.46. The molecule has 3 nitrogen and oxygen atoms in total. The number of aliphatic hydroxyl groups excluding tert-OH is 1. The molecule has 3 heteroatoms. The Labute approximate surface area is 226 Å². The molecule has 1 unspecified atom stereocenters. The van der Waals surface area contributed by atoms with Gasteiger partial charge in [-0.15, -0.1) is 0 Å². The van der Waals surface area contributed by atoms with E-state index in [1.807, 2.05) is 6.07 Å². The Morgan fingerprint density at radius 1 is 0.711 bits per heavy atom. The molecular formula is C35H36O3. The van der Waals surface area contributed by atoms with E-state index in [0.717, 1.165) is 37.4 Å². The van der Waals surface area contributed by atoms with Crippen LogP contribution in [0.25, 0.3) is 0 Å². The summed E-state index contributed by atoms with van der Waals surface area (Å²) < 4.78 is 12.3. The van der Waals surface area contributed by atoms with Gasteiger partial charge in [-0.2, -0.15) is 0 Å². The second-order valence-corrected chi connectivity index (χ2v) is 10.8. The number of aliphatic hydroxyl groups is 1. The summed E-state index contributed by atoms with van der Waals surface area (Å²) in [5.74, 6) is 3.81. The third kappa shape index (κ3) is 5.63. The van der Waals surface area contributed by atoms with Crippen molar-refractivity contribution in [3.05, 3.63) is 131 Å². The smallest absolute Gasteiger partial charge is 0.120 e. The van der Waals surface area contributed by atoms with Gasteiger partial charge in [-0.25, -0.2) is 0 Å². The van der Waals surface area contributed by atoms with Gasteiger partial charge in [-0.3, -0.25) is 0 Å². The van der Waals surface area contributed by atoms with Crippen molar-refractivity contribution in [3.63, 3.8) is 0 Å². The second kappa shape index (κ2) is 11.4. The van der Waals surface area contributed by atoms with Crippen LogP contribution in [0.3, 0.4) is 0 Å². The van der Waals surface area contributed by atoms with Gasteiger partial charge < -0.3 is 14.6 Å². The largest absolute Gasteiger partial charge is 0.493 e. The lowest BCUT2D eigenvalue weighted by Gasteiger charge is -2.35. The number of aryl methyl sites for hydroxylation is 1. The zero-order valence-corrected chi connectivity index (χ0v) is 21.8. The van der Waals surface area contributed by atoms with Gasteiger partial charge in [0.15, 0.2) is 0 Å². The zero-order valence-electron chi connectivity index (χ0n) is 21.8. The van der Waals surface area contributed by atoms with Crippen LogP contribution in [0.2, 0.25) is 0 Å². The quantitative estimate of drug-likeness (QED) is 0.243. The van der Waals surface area contributed by atoms with Gasteiger partial charge >= 0.3 is 0 Å². The molecule has 0 aliphatic heterocycles. The Morgan fingerprint density at radius 2 is 1.45 bits per heavy atom. The maximum atomic E-state index is 9.15. The topological polar surface area (TPSA) is 38.7 Å². The maximum Gasteiger partial charge on any atom is 0.120 e. The van der Waals surface area contributed by atoms with Crippen molar-refractivity contribution >= 4 is 0 Å². The average molecular weight is 505 g/mol. The summed E-state index contributed by atoms with van der Waals surface area (Å²) in [7, 11) is 0. The van der Waals surface area contributed by atoms with Crippen LogP contribution in [0.15, 0.2) is 103 Å². The summed E-state index contributed by atoms with van der Waals surface area (Å²) in [5, 5.41) is 9.15. The van der Waals surface area contributed by atoms with Crippen LogP contribution in [0.5, 0.6) is 11.5 Å². The molecule has 6 rings (SSSR count). The van der Waals surface area contributed by atoms with E-state index in [2.05, 4.69) is 97.1 Å². The molecule has 0 saturated heterocycles. The van der Waals surface area contributed by atoms with Crippen LogP contribution < -0.4 is 9.47 Å². The molecule has 1 N–H and O–H groups in total. The van der Waals surface area contributed by atoms with Gasteiger partial charge in [-0.05, 0) is 95.5 Å². The summed E-state index contributed by atoms with van der Waals surface area (Å²) in [4.78, 5) is 0. The standard InChI is InChI=1S/C35H36O3/c36-20-19-28-21-30(28)24-38-31-14-11-27(12-15-31)35-33(26-9-5-2-6-10-26)17-13-29-22-32(16-18-34(29)35)37-23-25-7-3-1-4-8-25/h1-12,14-16,18,22,28,30,33,35-36H,13,17,19-21,23-24H2/t28-,30?,33-,35+/m1/s1.